The number of benzene rings is 1. The van der Waals surface area contributed by atoms with Crippen LogP contribution in [0.25, 0.3) is 0 Å². The second kappa shape index (κ2) is 5.29. The van der Waals surface area contributed by atoms with Gasteiger partial charge in [0.05, 0.1) is 24.3 Å². The van der Waals surface area contributed by atoms with E-state index >= 15 is 0 Å². The second-order valence-electron chi connectivity index (χ2n) is 5.64. The molecule has 0 aliphatic carbocycles. The van der Waals surface area contributed by atoms with Crippen molar-refractivity contribution in [3.8, 4) is 0 Å². The molecule has 0 fully saturated rings. The highest BCUT2D eigenvalue weighted by molar-refractivity contribution is 5.59. The summed E-state index contributed by atoms with van der Waals surface area (Å²) in [7, 11) is 0. The molecule has 0 spiro atoms. The van der Waals surface area contributed by atoms with Gasteiger partial charge in [-0.05, 0) is 31.9 Å². The van der Waals surface area contributed by atoms with Gasteiger partial charge in [0.15, 0.2) is 0 Å². The van der Waals surface area contributed by atoms with Crippen LogP contribution < -0.4 is 10.6 Å². The average molecular weight is 270 g/mol. The predicted octanol–water partition coefficient (Wildman–Crippen LogP) is 2.53. The predicted molar refractivity (Wildman–Crippen MR) is 81.9 cm³/mol. The van der Waals surface area contributed by atoms with Crippen molar-refractivity contribution in [1.29, 1.82) is 0 Å². The molecular weight excluding hydrogens is 248 g/mol. The van der Waals surface area contributed by atoms with Gasteiger partial charge in [0.1, 0.15) is 0 Å². The van der Waals surface area contributed by atoms with Crippen LogP contribution in [0.2, 0.25) is 0 Å². The fraction of sp³-hybridized carbons (Fsp3) is 0.438. The molecule has 0 amide bonds. The highest BCUT2D eigenvalue weighted by atomic mass is 15.2. The van der Waals surface area contributed by atoms with Crippen molar-refractivity contribution in [2.45, 2.75) is 32.4 Å². The number of aromatic nitrogens is 2. The van der Waals surface area contributed by atoms with E-state index in [2.05, 4.69) is 52.6 Å². The number of rotatable bonds is 4. The van der Waals surface area contributed by atoms with Gasteiger partial charge in [-0.15, -0.1) is 0 Å². The van der Waals surface area contributed by atoms with Gasteiger partial charge in [-0.2, -0.15) is 0 Å². The van der Waals surface area contributed by atoms with Crippen LogP contribution in [0, 0.1) is 0 Å². The molecule has 4 heteroatoms. The molecule has 1 aliphatic rings. The van der Waals surface area contributed by atoms with Gasteiger partial charge in [-0.25, -0.2) is 4.98 Å². The van der Waals surface area contributed by atoms with E-state index in [0.29, 0.717) is 12.6 Å². The Morgan fingerprint density at radius 1 is 1.30 bits per heavy atom. The first-order valence-electron chi connectivity index (χ1n) is 7.28. The van der Waals surface area contributed by atoms with E-state index in [9.17, 15) is 0 Å². The molecule has 1 aromatic heterocycles. The lowest BCUT2D eigenvalue weighted by atomic mass is 10.1. The zero-order chi connectivity index (χ0) is 14.1. The number of hydrogen-bond donors (Lipinski definition) is 1. The van der Waals surface area contributed by atoms with E-state index in [-0.39, 0.29) is 6.04 Å². The Balaban J connectivity index is 1.97. The van der Waals surface area contributed by atoms with Gasteiger partial charge in [0, 0.05) is 24.8 Å². The van der Waals surface area contributed by atoms with E-state index in [1.807, 2.05) is 12.5 Å². The SMILES string of the molecule is CC(C)n1cncc1C(CN)N1CCc2ccccc21. The molecule has 106 valence electrons. The van der Waals surface area contributed by atoms with Crippen LogP contribution in [0.4, 0.5) is 5.69 Å². The molecule has 4 nitrogen and oxygen atoms in total. The molecule has 0 saturated heterocycles. The van der Waals surface area contributed by atoms with E-state index in [4.69, 9.17) is 5.73 Å². The topological polar surface area (TPSA) is 47.1 Å². The van der Waals surface area contributed by atoms with Crippen LogP contribution in [0.15, 0.2) is 36.8 Å². The Labute approximate surface area is 120 Å². The third kappa shape index (κ3) is 2.10. The minimum atomic E-state index is 0.198. The quantitative estimate of drug-likeness (QED) is 0.928. The molecule has 0 saturated carbocycles. The van der Waals surface area contributed by atoms with Crippen LogP contribution >= 0.6 is 0 Å². The number of nitrogens with zero attached hydrogens (tertiary/aromatic N) is 3. The van der Waals surface area contributed by atoms with Crippen molar-refractivity contribution in [3.05, 3.63) is 48.0 Å². The number of fused-ring (bicyclic) bond motifs is 1. The van der Waals surface area contributed by atoms with Crippen LogP contribution in [0.3, 0.4) is 0 Å². The van der Waals surface area contributed by atoms with Crippen LogP contribution in [0.5, 0.6) is 0 Å². The summed E-state index contributed by atoms with van der Waals surface area (Å²) in [5.41, 5.74) is 10.0. The third-order valence-corrected chi connectivity index (χ3v) is 4.12. The Bertz CT molecular complexity index is 588. The number of para-hydroxylation sites is 1. The molecular formula is C16H22N4. The van der Waals surface area contributed by atoms with Gasteiger partial charge >= 0.3 is 0 Å². The maximum atomic E-state index is 6.09. The van der Waals surface area contributed by atoms with Gasteiger partial charge in [-0.1, -0.05) is 18.2 Å². The van der Waals surface area contributed by atoms with Gasteiger partial charge in [-0.3, -0.25) is 0 Å². The Hall–Kier alpha value is -1.81. The third-order valence-electron chi connectivity index (χ3n) is 4.12. The summed E-state index contributed by atoms with van der Waals surface area (Å²) in [4.78, 5) is 6.74. The summed E-state index contributed by atoms with van der Waals surface area (Å²) in [6.07, 6.45) is 4.96. The van der Waals surface area contributed by atoms with Crippen molar-refractivity contribution in [2.75, 3.05) is 18.0 Å². The maximum absolute atomic E-state index is 6.09. The number of nitrogens with two attached hydrogens (primary N) is 1. The largest absolute Gasteiger partial charge is 0.361 e. The van der Waals surface area contributed by atoms with E-state index in [0.717, 1.165) is 13.0 Å². The second-order valence-corrected chi connectivity index (χ2v) is 5.64. The molecule has 2 aromatic rings. The minimum absolute atomic E-state index is 0.198. The van der Waals surface area contributed by atoms with Crippen molar-refractivity contribution in [3.63, 3.8) is 0 Å². The summed E-state index contributed by atoms with van der Waals surface area (Å²) >= 11 is 0. The smallest absolute Gasteiger partial charge is 0.0951 e. The molecule has 1 atom stereocenters. The van der Waals surface area contributed by atoms with Crippen molar-refractivity contribution in [2.24, 2.45) is 5.73 Å². The van der Waals surface area contributed by atoms with Crippen LogP contribution in [-0.4, -0.2) is 22.6 Å². The highest BCUT2D eigenvalue weighted by Gasteiger charge is 2.28. The summed E-state index contributed by atoms with van der Waals surface area (Å²) in [5, 5.41) is 0. The molecule has 0 radical (unpaired) electrons. The van der Waals surface area contributed by atoms with Gasteiger partial charge in [0.2, 0.25) is 0 Å². The van der Waals surface area contributed by atoms with Gasteiger partial charge in [0.25, 0.3) is 0 Å². The van der Waals surface area contributed by atoms with E-state index < -0.39 is 0 Å². The molecule has 0 bridgehead atoms. The van der Waals surface area contributed by atoms with Crippen LogP contribution in [0.1, 0.15) is 37.2 Å². The zero-order valence-electron chi connectivity index (χ0n) is 12.2. The normalized spacial score (nSPS) is 15.7. The average Bonchev–Trinajstić information content (AvgIpc) is 3.07. The highest BCUT2D eigenvalue weighted by Crippen LogP contribution is 2.34. The molecule has 20 heavy (non-hydrogen) atoms. The lowest BCUT2D eigenvalue weighted by molar-refractivity contribution is 0.526. The lowest BCUT2D eigenvalue weighted by Gasteiger charge is -2.30. The standard InChI is InChI=1S/C16H22N4/c1-12(2)20-11-18-10-16(20)15(9-17)19-8-7-13-5-3-4-6-14(13)19/h3-6,10-12,15H,7-9,17H2,1-2H3. The van der Waals surface area contributed by atoms with Crippen molar-refractivity contribution >= 4 is 5.69 Å². The Kier molecular flexibility index (Phi) is 3.49. The fourth-order valence-electron chi connectivity index (χ4n) is 3.10. The fourth-order valence-corrected chi connectivity index (χ4v) is 3.10. The molecule has 1 aliphatic heterocycles. The molecule has 2 heterocycles. The number of imidazole rings is 1. The molecule has 1 unspecified atom stereocenters. The maximum Gasteiger partial charge on any atom is 0.0951 e. The number of anilines is 1. The molecule has 3 rings (SSSR count). The van der Waals surface area contributed by atoms with E-state index in [1.165, 1.54) is 16.9 Å². The molecule has 2 N–H and O–H groups in total. The minimum Gasteiger partial charge on any atom is -0.361 e. The van der Waals surface area contributed by atoms with Crippen LogP contribution in [-0.2, 0) is 6.42 Å². The van der Waals surface area contributed by atoms with E-state index in [1.54, 1.807) is 0 Å². The van der Waals surface area contributed by atoms with Gasteiger partial charge < -0.3 is 15.2 Å². The summed E-state index contributed by atoms with van der Waals surface area (Å²) < 4.78 is 2.22. The van der Waals surface area contributed by atoms with Crippen molar-refractivity contribution in [1.82, 2.24) is 9.55 Å². The molecule has 1 aromatic carbocycles. The summed E-state index contributed by atoms with van der Waals surface area (Å²) in [5.74, 6) is 0. The van der Waals surface area contributed by atoms with Crippen molar-refractivity contribution < 1.29 is 0 Å². The lowest BCUT2D eigenvalue weighted by Crippen LogP contribution is -2.34. The first-order valence-corrected chi connectivity index (χ1v) is 7.28. The number of hydrogen-bond acceptors (Lipinski definition) is 3. The summed E-state index contributed by atoms with van der Waals surface area (Å²) in [6, 6.07) is 9.22. The monoisotopic (exact) mass is 270 g/mol. The Morgan fingerprint density at radius 3 is 2.85 bits per heavy atom. The first kappa shape index (κ1) is 13.2. The Morgan fingerprint density at radius 2 is 2.10 bits per heavy atom. The first-order chi connectivity index (χ1) is 9.72. The summed E-state index contributed by atoms with van der Waals surface area (Å²) in [6.45, 7) is 5.99. The zero-order valence-corrected chi connectivity index (χ0v) is 12.2.